The van der Waals surface area contributed by atoms with Crippen molar-refractivity contribution in [1.82, 2.24) is 5.32 Å². The highest BCUT2D eigenvalue weighted by Crippen LogP contribution is 2.39. The van der Waals surface area contributed by atoms with Gasteiger partial charge in [-0.3, -0.25) is 4.79 Å². The summed E-state index contributed by atoms with van der Waals surface area (Å²) in [5.74, 6) is 0.835. The summed E-state index contributed by atoms with van der Waals surface area (Å²) in [6, 6.07) is 15.2. The second-order valence-corrected chi connectivity index (χ2v) is 6.97. The molecule has 0 spiro atoms. The summed E-state index contributed by atoms with van der Waals surface area (Å²) < 4.78 is 6.00. The van der Waals surface area contributed by atoms with Gasteiger partial charge in [0, 0.05) is 17.0 Å². The number of fused-ring (bicyclic) bond motifs is 1. The van der Waals surface area contributed by atoms with Gasteiger partial charge in [0.1, 0.15) is 11.4 Å². The maximum absolute atomic E-state index is 12.4. The molecule has 1 N–H and O–H groups in total. The van der Waals surface area contributed by atoms with E-state index in [0.29, 0.717) is 11.4 Å². The summed E-state index contributed by atoms with van der Waals surface area (Å²) in [5.41, 5.74) is 1.64. The molecule has 4 heteroatoms. The van der Waals surface area contributed by atoms with Gasteiger partial charge in [0.05, 0.1) is 12.5 Å². The van der Waals surface area contributed by atoms with Crippen molar-refractivity contribution in [2.24, 2.45) is 0 Å². The average molecular weight is 330 g/mol. The van der Waals surface area contributed by atoms with E-state index in [1.54, 1.807) is 6.07 Å². The molecule has 1 heterocycles. The van der Waals surface area contributed by atoms with Crippen LogP contribution >= 0.6 is 11.6 Å². The Labute approximate surface area is 141 Å². The molecule has 1 amide bonds. The maximum atomic E-state index is 12.4. The lowest BCUT2D eigenvalue weighted by Crippen LogP contribution is -2.41. The first-order valence-electron chi connectivity index (χ1n) is 7.75. The van der Waals surface area contributed by atoms with Gasteiger partial charge in [-0.1, -0.05) is 41.9 Å². The van der Waals surface area contributed by atoms with Crippen LogP contribution in [0.2, 0.25) is 5.02 Å². The third kappa shape index (κ3) is 3.85. The van der Waals surface area contributed by atoms with Crippen molar-refractivity contribution >= 4 is 17.5 Å². The number of rotatable bonds is 3. The van der Waals surface area contributed by atoms with E-state index < -0.39 is 0 Å². The number of halogens is 1. The Balaban J connectivity index is 1.75. The summed E-state index contributed by atoms with van der Waals surface area (Å²) >= 11 is 5.98. The number of amides is 1. The fourth-order valence-electron chi connectivity index (χ4n) is 3.01. The predicted molar refractivity (Wildman–Crippen MR) is 91.8 cm³/mol. The summed E-state index contributed by atoms with van der Waals surface area (Å²) in [7, 11) is 0. The van der Waals surface area contributed by atoms with Crippen molar-refractivity contribution in [3.05, 3.63) is 64.7 Å². The minimum Gasteiger partial charge on any atom is -0.487 e. The number of hydrogen-bond donors (Lipinski definition) is 1. The van der Waals surface area contributed by atoms with Crippen molar-refractivity contribution in [2.75, 3.05) is 0 Å². The zero-order chi connectivity index (χ0) is 16.4. The minimum atomic E-state index is -0.303. The van der Waals surface area contributed by atoms with Crippen LogP contribution in [0.4, 0.5) is 0 Å². The smallest absolute Gasteiger partial charge is 0.224 e. The van der Waals surface area contributed by atoms with Crippen LogP contribution in [-0.2, 0) is 11.2 Å². The summed E-state index contributed by atoms with van der Waals surface area (Å²) in [5, 5.41) is 3.78. The molecule has 1 unspecified atom stereocenters. The lowest BCUT2D eigenvalue weighted by Gasteiger charge is -2.37. The van der Waals surface area contributed by atoms with Gasteiger partial charge in [-0.15, -0.1) is 0 Å². The van der Waals surface area contributed by atoms with Crippen LogP contribution < -0.4 is 10.1 Å². The summed E-state index contributed by atoms with van der Waals surface area (Å²) in [4.78, 5) is 12.4. The third-order valence-electron chi connectivity index (χ3n) is 3.97. The molecule has 0 bridgehead atoms. The van der Waals surface area contributed by atoms with E-state index in [-0.39, 0.29) is 17.6 Å². The summed E-state index contributed by atoms with van der Waals surface area (Å²) in [6.45, 7) is 4.08. The van der Waals surface area contributed by atoms with E-state index in [1.807, 2.05) is 56.3 Å². The Morgan fingerprint density at radius 2 is 2.04 bits per heavy atom. The van der Waals surface area contributed by atoms with Gasteiger partial charge in [0.25, 0.3) is 0 Å². The largest absolute Gasteiger partial charge is 0.487 e. The Morgan fingerprint density at radius 3 is 2.83 bits per heavy atom. The molecule has 1 atom stereocenters. The normalized spacial score (nSPS) is 18.7. The highest BCUT2D eigenvalue weighted by Gasteiger charge is 2.34. The second-order valence-electron chi connectivity index (χ2n) is 6.53. The van der Waals surface area contributed by atoms with Gasteiger partial charge in [-0.05, 0) is 37.6 Å². The Morgan fingerprint density at radius 1 is 1.26 bits per heavy atom. The molecule has 0 fully saturated rings. The van der Waals surface area contributed by atoms with Crippen LogP contribution in [0.3, 0.4) is 0 Å². The fraction of sp³-hybridized carbons (Fsp3) is 0.316. The summed E-state index contributed by atoms with van der Waals surface area (Å²) in [6.07, 6.45) is 1.06. The van der Waals surface area contributed by atoms with Gasteiger partial charge in [-0.2, -0.15) is 0 Å². The van der Waals surface area contributed by atoms with Gasteiger partial charge < -0.3 is 10.1 Å². The second kappa shape index (κ2) is 6.25. The van der Waals surface area contributed by atoms with Crippen LogP contribution in [0.1, 0.15) is 37.4 Å². The number of hydrogen-bond acceptors (Lipinski definition) is 2. The van der Waals surface area contributed by atoms with E-state index in [1.165, 1.54) is 0 Å². The van der Waals surface area contributed by atoms with E-state index in [9.17, 15) is 4.79 Å². The molecule has 3 rings (SSSR count). The molecule has 0 saturated carbocycles. The quantitative estimate of drug-likeness (QED) is 0.911. The van der Waals surface area contributed by atoms with Crippen LogP contribution in [-0.4, -0.2) is 11.5 Å². The molecule has 120 valence electrons. The molecule has 2 aromatic carbocycles. The molecular weight excluding hydrogens is 310 g/mol. The number of ether oxygens (including phenoxy) is 1. The number of nitrogens with one attached hydrogen (secondary N) is 1. The van der Waals surface area contributed by atoms with Gasteiger partial charge in [0.2, 0.25) is 5.91 Å². The molecular formula is C19H20ClNO2. The highest BCUT2D eigenvalue weighted by atomic mass is 35.5. The molecule has 0 aliphatic carbocycles. The molecule has 3 nitrogen and oxygen atoms in total. The van der Waals surface area contributed by atoms with Gasteiger partial charge >= 0.3 is 0 Å². The van der Waals surface area contributed by atoms with E-state index in [0.717, 1.165) is 23.3 Å². The first kappa shape index (κ1) is 15.9. The van der Waals surface area contributed by atoms with Crippen LogP contribution in [0.15, 0.2) is 48.5 Å². The van der Waals surface area contributed by atoms with Crippen LogP contribution in [0.25, 0.3) is 0 Å². The van der Waals surface area contributed by atoms with E-state index in [2.05, 4.69) is 5.32 Å². The van der Waals surface area contributed by atoms with Gasteiger partial charge in [0.15, 0.2) is 0 Å². The SMILES string of the molecule is CC1(C)CC(NC(=O)Cc2cccc(Cl)c2)c2ccccc2O1. The van der Waals surface area contributed by atoms with Gasteiger partial charge in [-0.25, -0.2) is 0 Å². The zero-order valence-corrected chi connectivity index (χ0v) is 14.1. The van der Waals surface area contributed by atoms with Crippen LogP contribution in [0.5, 0.6) is 5.75 Å². The molecule has 0 saturated heterocycles. The number of para-hydroxylation sites is 1. The average Bonchev–Trinajstić information content (AvgIpc) is 2.46. The van der Waals surface area contributed by atoms with E-state index in [4.69, 9.17) is 16.3 Å². The van der Waals surface area contributed by atoms with Crippen molar-refractivity contribution in [2.45, 2.75) is 38.3 Å². The van der Waals surface area contributed by atoms with Crippen molar-refractivity contribution in [3.8, 4) is 5.75 Å². The monoisotopic (exact) mass is 329 g/mol. The topological polar surface area (TPSA) is 38.3 Å². The molecule has 2 aromatic rings. The molecule has 1 aliphatic rings. The molecule has 0 aromatic heterocycles. The highest BCUT2D eigenvalue weighted by molar-refractivity contribution is 6.30. The Bertz CT molecular complexity index is 727. The zero-order valence-electron chi connectivity index (χ0n) is 13.3. The predicted octanol–water partition coefficient (Wildman–Crippen LogP) is 4.30. The fourth-order valence-corrected chi connectivity index (χ4v) is 3.22. The maximum Gasteiger partial charge on any atom is 0.224 e. The number of benzene rings is 2. The van der Waals surface area contributed by atoms with E-state index >= 15 is 0 Å². The third-order valence-corrected chi connectivity index (χ3v) is 4.20. The van der Waals surface area contributed by atoms with Crippen molar-refractivity contribution in [3.63, 3.8) is 0 Å². The lowest BCUT2D eigenvalue weighted by atomic mass is 9.89. The standard InChI is InChI=1S/C19H20ClNO2/c1-19(2)12-16(15-8-3-4-9-17(15)23-19)21-18(22)11-13-6-5-7-14(20)10-13/h3-10,16H,11-12H2,1-2H3,(H,21,22). The Kier molecular flexibility index (Phi) is 4.31. The van der Waals surface area contributed by atoms with Crippen molar-refractivity contribution in [1.29, 1.82) is 0 Å². The molecule has 23 heavy (non-hydrogen) atoms. The molecule has 1 aliphatic heterocycles. The van der Waals surface area contributed by atoms with Crippen LogP contribution in [0, 0.1) is 0 Å². The number of carbonyl (C=O) groups is 1. The minimum absolute atomic E-state index is 0.00947. The lowest BCUT2D eigenvalue weighted by molar-refractivity contribution is -0.121. The Hall–Kier alpha value is -2.00. The first-order valence-corrected chi connectivity index (χ1v) is 8.12. The van der Waals surface area contributed by atoms with Crippen molar-refractivity contribution < 1.29 is 9.53 Å². The first-order chi connectivity index (χ1) is 10.9. The molecule has 0 radical (unpaired) electrons. The number of carbonyl (C=O) groups excluding carboxylic acids is 1.